The van der Waals surface area contributed by atoms with Gasteiger partial charge in [-0.2, -0.15) is 0 Å². The van der Waals surface area contributed by atoms with Gasteiger partial charge in [0, 0.05) is 17.7 Å². The fourth-order valence-corrected chi connectivity index (χ4v) is 5.79. The zero-order valence-electron chi connectivity index (χ0n) is 31.2. The Hall–Kier alpha value is -5.17. The van der Waals surface area contributed by atoms with E-state index in [4.69, 9.17) is 9.47 Å². The number of methoxy groups -OCH3 is 2. The third-order valence-corrected chi connectivity index (χ3v) is 8.60. The van der Waals surface area contributed by atoms with E-state index in [2.05, 4.69) is 26.3 Å². The number of benzene rings is 2. The summed E-state index contributed by atoms with van der Waals surface area (Å²) in [6.07, 6.45) is -2.77. The van der Waals surface area contributed by atoms with Crippen LogP contribution >= 0.6 is 0 Å². The van der Waals surface area contributed by atoms with Gasteiger partial charge in [0.25, 0.3) is 0 Å². The molecule has 5 atom stereocenters. The number of amides is 4. The predicted octanol–water partition coefficient (Wildman–Crippen LogP) is 4.72. The first-order chi connectivity index (χ1) is 24.4. The van der Waals surface area contributed by atoms with Crippen LogP contribution in [0.25, 0.3) is 11.3 Å². The van der Waals surface area contributed by atoms with Crippen LogP contribution in [0.15, 0.2) is 72.8 Å². The molecule has 0 aliphatic carbocycles. The van der Waals surface area contributed by atoms with E-state index in [1.165, 1.54) is 7.11 Å². The van der Waals surface area contributed by atoms with E-state index < -0.39 is 65.1 Å². The molecule has 0 saturated heterocycles. The molecule has 2 aromatic carbocycles. The Morgan fingerprint density at radius 3 is 1.85 bits per heavy atom. The van der Waals surface area contributed by atoms with Gasteiger partial charge >= 0.3 is 12.2 Å². The van der Waals surface area contributed by atoms with Crippen molar-refractivity contribution in [3.63, 3.8) is 0 Å². The number of aromatic nitrogens is 1. The van der Waals surface area contributed by atoms with Crippen molar-refractivity contribution in [3.05, 3.63) is 83.9 Å². The van der Waals surface area contributed by atoms with Crippen LogP contribution in [0.2, 0.25) is 0 Å². The molecular formula is C39H53N5O8. The Balaban J connectivity index is 1.97. The minimum Gasteiger partial charge on any atom is -0.481 e. The van der Waals surface area contributed by atoms with Crippen LogP contribution < -0.4 is 26.0 Å². The van der Waals surface area contributed by atoms with Gasteiger partial charge in [0.1, 0.15) is 12.1 Å². The zero-order chi connectivity index (χ0) is 38.6. The molecule has 13 heteroatoms. The van der Waals surface area contributed by atoms with Crippen molar-refractivity contribution in [3.8, 4) is 17.1 Å². The average molecular weight is 720 g/mol. The number of carboxylic acid groups (broad SMARTS) is 1. The standard InChI is InChI=1S/C39H53N5O8/c1-38(2,3)32(43-36(48)49)35(47)42-29(22-24-13-10-9-11-14-24)30(45)23-27(40-34(46)33(39(4,5)6)44-37(50)52-8)21-25-17-19-26(20-18-25)28-15-12-16-31(41-28)51-7/h9-20,27,29-30,32-33,43,45H,21-23H2,1-8H3,(H,40,46)(H,42,47)(H,44,50)(H,48,49)/t27-,29-,30-,32+,33+/m0/s1. The van der Waals surface area contributed by atoms with E-state index >= 15 is 0 Å². The zero-order valence-corrected chi connectivity index (χ0v) is 31.2. The Morgan fingerprint density at radius 1 is 0.712 bits per heavy atom. The van der Waals surface area contributed by atoms with Crippen molar-refractivity contribution in [2.75, 3.05) is 14.2 Å². The second-order valence-corrected chi connectivity index (χ2v) is 15.0. The Kier molecular flexibility index (Phi) is 14.6. The van der Waals surface area contributed by atoms with Crippen molar-refractivity contribution < 1.29 is 38.9 Å². The van der Waals surface area contributed by atoms with Crippen LogP contribution in [0.1, 0.15) is 59.1 Å². The van der Waals surface area contributed by atoms with E-state index in [0.717, 1.165) is 22.4 Å². The summed E-state index contributed by atoms with van der Waals surface area (Å²) in [5.74, 6) is -0.585. The number of nitrogens with one attached hydrogen (secondary N) is 4. The number of rotatable bonds is 15. The molecule has 0 aliphatic rings. The van der Waals surface area contributed by atoms with Crippen LogP contribution in [0, 0.1) is 10.8 Å². The number of aliphatic hydroxyl groups excluding tert-OH is 1. The molecule has 1 aromatic heterocycles. The number of hydrogen-bond donors (Lipinski definition) is 6. The summed E-state index contributed by atoms with van der Waals surface area (Å²) in [4.78, 5) is 55.8. The second kappa shape index (κ2) is 18.4. The Bertz CT molecular complexity index is 1640. The quantitative estimate of drug-likeness (QED) is 0.129. The number of ether oxygens (including phenoxy) is 2. The summed E-state index contributed by atoms with van der Waals surface area (Å²) in [5.41, 5.74) is 1.78. The van der Waals surface area contributed by atoms with Crippen LogP contribution in [0.5, 0.6) is 5.88 Å². The summed E-state index contributed by atoms with van der Waals surface area (Å²) in [7, 11) is 2.77. The van der Waals surface area contributed by atoms with Crippen molar-refractivity contribution in [1.29, 1.82) is 0 Å². The Labute approximate surface area is 305 Å². The highest BCUT2D eigenvalue weighted by atomic mass is 16.5. The van der Waals surface area contributed by atoms with Gasteiger partial charge in [-0.15, -0.1) is 0 Å². The Morgan fingerprint density at radius 2 is 1.29 bits per heavy atom. The van der Waals surface area contributed by atoms with Crippen molar-refractivity contribution in [2.45, 2.75) is 91.1 Å². The fraction of sp³-hybridized carbons (Fsp3) is 0.462. The lowest BCUT2D eigenvalue weighted by Gasteiger charge is -2.34. The lowest BCUT2D eigenvalue weighted by atomic mass is 9.85. The van der Waals surface area contributed by atoms with E-state index in [0.29, 0.717) is 12.3 Å². The monoisotopic (exact) mass is 719 g/mol. The van der Waals surface area contributed by atoms with Gasteiger partial charge in [0.05, 0.1) is 32.1 Å². The number of carbonyl (C=O) groups excluding carboxylic acids is 3. The minimum atomic E-state index is -1.35. The van der Waals surface area contributed by atoms with E-state index in [1.54, 1.807) is 33.9 Å². The first-order valence-electron chi connectivity index (χ1n) is 17.2. The van der Waals surface area contributed by atoms with Gasteiger partial charge in [0.2, 0.25) is 17.7 Å². The first-order valence-corrected chi connectivity index (χ1v) is 17.2. The largest absolute Gasteiger partial charge is 0.481 e. The fourth-order valence-electron chi connectivity index (χ4n) is 5.79. The molecule has 0 fully saturated rings. The SMILES string of the molecule is COC(=O)N[C@H](C(=O)N[C@@H](Cc1ccc(-c2cccc(OC)n2)cc1)C[C@H](O)[C@H](Cc1ccccc1)NC(=O)[C@@H](NC(=O)O)C(C)(C)C)C(C)(C)C. The highest BCUT2D eigenvalue weighted by Gasteiger charge is 2.37. The van der Waals surface area contributed by atoms with Crippen molar-refractivity contribution >= 4 is 24.0 Å². The van der Waals surface area contributed by atoms with Gasteiger partial charge in [-0.05, 0) is 47.3 Å². The van der Waals surface area contributed by atoms with E-state index in [1.807, 2.05) is 87.5 Å². The van der Waals surface area contributed by atoms with E-state index in [-0.39, 0.29) is 12.8 Å². The summed E-state index contributed by atoms with van der Waals surface area (Å²) < 4.78 is 10.0. The maximum absolute atomic E-state index is 13.8. The number of nitrogens with zero attached hydrogens (tertiary/aromatic N) is 1. The number of pyridine rings is 1. The summed E-state index contributed by atoms with van der Waals surface area (Å²) >= 11 is 0. The lowest BCUT2D eigenvalue weighted by molar-refractivity contribution is -0.128. The third-order valence-electron chi connectivity index (χ3n) is 8.60. The van der Waals surface area contributed by atoms with Crippen molar-refractivity contribution in [2.24, 2.45) is 10.8 Å². The molecule has 0 unspecified atom stereocenters. The highest BCUT2D eigenvalue weighted by Crippen LogP contribution is 2.24. The van der Waals surface area contributed by atoms with Crippen LogP contribution in [0.3, 0.4) is 0 Å². The molecule has 0 bridgehead atoms. The normalized spacial score (nSPS) is 14.5. The molecule has 3 aromatic rings. The summed E-state index contributed by atoms with van der Waals surface area (Å²) in [5, 5.41) is 32.2. The van der Waals surface area contributed by atoms with Crippen molar-refractivity contribution in [1.82, 2.24) is 26.3 Å². The van der Waals surface area contributed by atoms with Gasteiger partial charge in [-0.25, -0.2) is 14.6 Å². The summed E-state index contributed by atoms with van der Waals surface area (Å²) in [6.45, 7) is 10.7. The van der Waals surface area contributed by atoms with Gasteiger partial charge in [-0.3, -0.25) is 9.59 Å². The molecule has 1 heterocycles. The van der Waals surface area contributed by atoms with Gasteiger partial charge in [-0.1, -0.05) is 102 Å². The van der Waals surface area contributed by atoms with Crippen LogP contribution in [-0.2, 0) is 27.2 Å². The smallest absolute Gasteiger partial charge is 0.407 e. The minimum absolute atomic E-state index is 0.00431. The average Bonchev–Trinajstić information content (AvgIpc) is 3.08. The highest BCUT2D eigenvalue weighted by molar-refractivity contribution is 5.87. The maximum Gasteiger partial charge on any atom is 0.407 e. The summed E-state index contributed by atoms with van der Waals surface area (Å²) in [6, 6.07) is 18.8. The lowest BCUT2D eigenvalue weighted by Crippen LogP contribution is -2.58. The predicted molar refractivity (Wildman–Crippen MR) is 198 cm³/mol. The van der Waals surface area contributed by atoms with Crippen LogP contribution in [-0.4, -0.2) is 83.7 Å². The number of hydrogen-bond acceptors (Lipinski definition) is 8. The molecule has 6 N–H and O–H groups in total. The molecule has 3 rings (SSSR count). The number of alkyl carbamates (subject to hydrolysis) is 1. The van der Waals surface area contributed by atoms with Gasteiger partial charge in [0.15, 0.2) is 0 Å². The number of aliphatic hydroxyl groups is 1. The first kappa shape index (κ1) is 41.3. The molecule has 4 amide bonds. The van der Waals surface area contributed by atoms with Crippen LogP contribution in [0.4, 0.5) is 9.59 Å². The molecule has 0 spiro atoms. The molecule has 52 heavy (non-hydrogen) atoms. The van der Waals surface area contributed by atoms with E-state index in [9.17, 15) is 29.4 Å². The third kappa shape index (κ3) is 12.6. The van der Waals surface area contributed by atoms with Gasteiger partial charge < -0.3 is 41.0 Å². The number of carbonyl (C=O) groups is 4. The molecule has 282 valence electrons. The molecule has 0 radical (unpaired) electrons. The molecular weight excluding hydrogens is 666 g/mol. The molecule has 0 aliphatic heterocycles. The maximum atomic E-state index is 13.8. The molecule has 0 saturated carbocycles. The second-order valence-electron chi connectivity index (χ2n) is 15.0. The topological polar surface area (TPSA) is 188 Å². The molecule has 13 nitrogen and oxygen atoms in total.